The van der Waals surface area contributed by atoms with Crippen molar-refractivity contribution in [2.24, 2.45) is 0 Å². The summed E-state index contributed by atoms with van der Waals surface area (Å²) in [6.07, 6.45) is 1.69. The maximum atomic E-state index is 11.3. The van der Waals surface area contributed by atoms with Crippen LogP contribution in [0.1, 0.15) is 23.2 Å². The summed E-state index contributed by atoms with van der Waals surface area (Å²) >= 11 is 0. The molecule has 0 aliphatic rings. The zero-order valence-electron chi connectivity index (χ0n) is 8.96. The van der Waals surface area contributed by atoms with E-state index in [9.17, 15) is 4.79 Å². The van der Waals surface area contributed by atoms with Gasteiger partial charge >= 0.3 is 0 Å². The van der Waals surface area contributed by atoms with Crippen LogP contribution in [0.25, 0.3) is 0 Å². The van der Waals surface area contributed by atoms with Gasteiger partial charge in [-0.3, -0.25) is 4.79 Å². The van der Waals surface area contributed by atoms with E-state index in [-0.39, 0.29) is 11.1 Å². The molecule has 1 aromatic rings. The van der Waals surface area contributed by atoms with Crippen molar-refractivity contribution in [1.29, 1.82) is 5.26 Å². The number of ether oxygens (including phenoxy) is 1. The summed E-state index contributed by atoms with van der Waals surface area (Å²) in [7, 11) is 1.65. The van der Waals surface area contributed by atoms with E-state index in [4.69, 9.17) is 10.00 Å². The summed E-state index contributed by atoms with van der Waals surface area (Å²) in [6, 6.07) is 3.53. The fourth-order valence-corrected chi connectivity index (χ4v) is 1.42. The first-order chi connectivity index (χ1) is 7.19. The van der Waals surface area contributed by atoms with Crippen molar-refractivity contribution in [3.8, 4) is 6.07 Å². The van der Waals surface area contributed by atoms with Gasteiger partial charge in [0.2, 0.25) is 0 Å². The standard InChI is InChI=1S/C11H14N2O2/c1-8-9(4-3-5-15-2)6-10(7-12)11(14)13-8/h6H,3-5H2,1-2H3,(H,13,14). The number of methoxy groups -OCH3 is 1. The van der Waals surface area contributed by atoms with E-state index in [0.717, 1.165) is 24.1 Å². The minimum Gasteiger partial charge on any atom is -0.385 e. The highest BCUT2D eigenvalue weighted by atomic mass is 16.5. The number of aryl methyl sites for hydroxylation is 2. The number of H-pyrrole nitrogens is 1. The molecule has 0 bridgehead atoms. The number of pyridine rings is 1. The van der Waals surface area contributed by atoms with Gasteiger partial charge in [-0.25, -0.2) is 0 Å². The van der Waals surface area contributed by atoms with Crippen molar-refractivity contribution in [3.63, 3.8) is 0 Å². The van der Waals surface area contributed by atoms with Crippen molar-refractivity contribution in [1.82, 2.24) is 4.98 Å². The van der Waals surface area contributed by atoms with E-state index in [1.165, 1.54) is 0 Å². The Bertz CT molecular complexity index is 429. The quantitative estimate of drug-likeness (QED) is 0.751. The highest BCUT2D eigenvalue weighted by molar-refractivity contribution is 5.32. The number of nitriles is 1. The van der Waals surface area contributed by atoms with Gasteiger partial charge in [0.25, 0.3) is 5.56 Å². The summed E-state index contributed by atoms with van der Waals surface area (Å²) in [4.78, 5) is 13.9. The molecule has 0 radical (unpaired) electrons. The molecule has 80 valence electrons. The van der Waals surface area contributed by atoms with Crippen LogP contribution in [0.3, 0.4) is 0 Å². The average Bonchev–Trinajstić information content (AvgIpc) is 2.21. The van der Waals surface area contributed by atoms with Crippen molar-refractivity contribution < 1.29 is 4.74 Å². The largest absolute Gasteiger partial charge is 0.385 e. The van der Waals surface area contributed by atoms with Gasteiger partial charge in [-0.1, -0.05) is 0 Å². The first-order valence-corrected chi connectivity index (χ1v) is 4.81. The van der Waals surface area contributed by atoms with E-state index in [0.29, 0.717) is 6.61 Å². The van der Waals surface area contributed by atoms with Crippen molar-refractivity contribution in [2.75, 3.05) is 13.7 Å². The lowest BCUT2D eigenvalue weighted by Gasteiger charge is -2.05. The zero-order valence-corrected chi connectivity index (χ0v) is 8.96. The molecule has 1 rings (SSSR count). The van der Waals surface area contributed by atoms with Gasteiger partial charge in [0.1, 0.15) is 11.6 Å². The number of aromatic nitrogens is 1. The van der Waals surface area contributed by atoms with Crippen LogP contribution >= 0.6 is 0 Å². The van der Waals surface area contributed by atoms with E-state index in [1.54, 1.807) is 13.2 Å². The molecule has 0 fully saturated rings. The number of nitrogens with zero attached hydrogens (tertiary/aromatic N) is 1. The van der Waals surface area contributed by atoms with Gasteiger partial charge in [-0.15, -0.1) is 0 Å². The molecule has 0 unspecified atom stereocenters. The molecule has 0 atom stereocenters. The van der Waals surface area contributed by atoms with E-state index in [2.05, 4.69) is 4.98 Å². The Morgan fingerprint density at radius 2 is 2.33 bits per heavy atom. The fraction of sp³-hybridized carbons (Fsp3) is 0.455. The Hall–Kier alpha value is -1.60. The molecule has 1 heterocycles. The second kappa shape index (κ2) is 5.32. The molecule has 1 aromatic heterocycles. The summed E-state index contributed by atoms with van der Waals surface area (Å²) in [5, 5.41) is 8.71. The Labute approximate surface area is 88.5 Å². The third-order valence-electron chi connectivity index (χ3n) is 2.26. The molecular weight excluding hydrogens is 192 g/mol. The number of hydrogen-bond donors (Lipinski definition) is 1. The summed E-state index contributed by atoms with van der Waals surface area (Å²) in [6.45, 7) is 2.52. The van der Waals surface area contributed by atoms with Gasteiger partial charge in [0.15, 0.2) is 0 Å². The molecule has 4 heteroatoms. The summed E-state index contributed by atoms with van der Waals surface area (Å²) in [5.41, 5.74) is 1.69. The molecule has 4 nitrogen and oxygen atoms in total. The predicted octanol–water partition coefficient (Wildman–Crippen LogP) is 1.13. The number of hydrogen-bond acceptors (Lipinski definition) is 3. The monoisotopic (exact) mass is 206 g/mol. The first kappa shape index (κ1) is 11.5. The van der Waals surface area contributed by atoms with Crippen LogP contribution in [0.15, 0.2) is 10.9 Å². The number of aromatic amines is 1. The fourth-order valence-electron chi connectivity index (χ4n) is 1.42. The zero-order chi connectivity index (χ0) is 11.3. The Morgan fingerprint density at radius 1 is 1.60 bits per heavy atom. The second-order valence-corrected chi connectivity index (χ2v) is 3.37. The van der Waals surface area contributed by atoms with E-state index in [1.807, 2.05) is 13.0 Å². The molecule has 0 spiro atoms. The molecule has 0 saturated heterocycles. The van der Waals surface area contributed by atoms with Gasteiger partial charge in [0.05, 0.1) is 0 Å². The minimum atomic E-state index is -0.314. The van der Waals surface area contributed by atoms with Crippen LogP contribution in [0.2, 0.25) is 0 Å². The summed E-state index contributed by atoms with van der Waals surface area (Å²) < 4.78 is 4.95. The normalized spacial score (nSPS) is 9.93. The Balaban J connectivity index is 2.89. The molecule has 0 saturated carbocycles. The lowest BCUT2D eigenvalue weighted by Crippen LogP contribution is -2.13. The lowest BCUT2D eigenvalue weighted by atomic mass is 10.1. The van der Waals surface area contributed by atoms with Crippen LogP contribution in [-0.2, 0) is 11.2 Å². The van der Waals surface area contributed by atoms with Crippen LogP contribution in [0.4, 0.5) is 0 Å². The lowest BCUT2D eigenvalue weighted by molar-refractivity contribution is 0.195. The molecule has 0 aromatic carbocycles. The van der Waals surface area contributed by atoms with E-state index >= 15 is 0 Å². The van der Waals surface area contributed by atoms with Crippen LogP contribution in [-0.4, -0.2) is 18.7 Å². The highest BCUT2D eigenvalue weighted by Gasteiger charge is 2.04. The van der Waals surface area contributed by atoms with Gasteiger partial charge in [-0.05, 0) is 31.4 Å². The number of nitrogens with one attached hydrogen (secondary N) is 1. The van der Waals surface area contributed by atoms with Crippen LogP contribution < -0.4 is 5.56 Å². The Morgan fingerprint density at radius 3 is 2.93 bits per heavy atom. The predicted molar refractivity (Wildman–Crippen MR) is 56.7 cm³/mol. The molecule has 1 N–H and O–H groups in total. The van der Waals surface area contributed by atoms with Crippen LogP contribution in [0, 0.1) is 18.3 Å². The average molecular weight is 206 g/mol. The molecular formula is C11H14N2O2. The number of rotatable bonds is 4. The molecule has 0 aliphatic heterocycles. The van der Waals surface area contributed by atoms with Crippen LogP contribution in [0.5, 0.6) is 0 Å². The van der Waals surface area contributed by atoms with E-state index < -0.39 is 0 Å². The summed E-state index contributed by atoms with van der Waals surface area (Å²) in [5.74, 6) is 0. The Kier molecular flexibility index (Phi) is 4.07. The van der Waals surface area contributed by atoms with Gasteiger partial charge < -0.3 is 9.72 Å². The third-order valence-corrected chi connectivity index (χ3v) is 2.26. The third kappa shape index (κ3) is 2.93. The van der Waals surface area contributed by atoms with Gasteiger partial charge in [-0.2, -0.15) is 5.26 Å². The smallest absolute Gasteiger partial charge is 0.266 e. The SMILES string of the molecule is COCCCc1cc(C#N)c(=O)[nH]c1C. The molecule has 15 heavy (non-hydrogen) atoms. The minimum absolute atomic E-state index is 0.174. The molecule has 0 aliphatic carbocycles. The first-order valence-electron chi connectivity index (χ1n) is 4.81. The second-order valence-electron chi connectivity index (χ2n) is 3.37. The maximum absolute atomic E-state index is 11.3. The topological polar surface area (TPSA) is 65.9 Å². The maximum Gasteiger partial charge on any atom is 0.266 e. The molecule has 0 amide bonds. The van der Waals surface area contributed by atoms with Crippen molar-refractivity contribution >= 4 is 0 Å². The van der Waals surface area contributed by atoms with Gasteiger partial charge in [0, 0.05) is 19.4 Å². The van der Waals surface area contributed by atoms with Crippen molar-refractivity contribution in [3.05, 3.63) is 33.2 Å². The van der Waals surface area contributed by atoms with Crippen molar-refractivity contribution in [2.45, 2.75) is 19.8 Å². The highest BCUT2D eigenvalue weighted by Crippen LogP contribution is 2.07.